The Hall–Kier alpha value is -0.750. The summed E-state index contributed by atoms with van der Waals surface area (Å²) in [6.45, 7) is 0. The van der Waals surface area contributed by atoms with E-state index in [0.29, 0.717) is 17.3 Å². The lowest BCUT2D eigenvalue weighted by atomic mass is 9.91. The van der Waals surface area contributed by atoms with Crippen LogP contribution in [0.15, 0.2) is 22.7 Å². The SMILES string of the molecule is CN(c1cc(Br)ccc1C(F)(F)F)C1CCCCC1O. The van der Waals surface area contributed by atoms with Gasteiger partial charge in [-0.3, -0.25) is 0 Å². The number of aliphatic hydroxyl groups is 1. The van der Waals surface area contributed by atoms with E-state index in [1.165, 1.54) is 12.1 Å². The first-order chi connectivity index (χ1) is 9.30. The molecule has 0 aliphatic heterocycles. The summed E-state index contributed by atoms with van der Waals surface area (Å²) in [6, 6.07) is 3.66. The Morgan fingerprint density at radius 1 is 1.25 bits per heavy atom. The summed E-state index contributed by atoms with van der Waals surface area (Å²) in [5, 5.41) is 10.0. The lowest BCUT2D eigenvalue weighted by Gasteiger charge is -2.37. The van der Waals surface area contributed by atoms with Crippen LogP contribution in [0.3, 0.4) is 0 Å². The summed E-state index contributed by atoms with van der Waals surface area (Å²) in [7, 11) is 1.62. The van der Waals surface area contributed by atoms with Gasteiger partial charge in [0.05, 0.1) is 23.4 Å². The van der Waals surface area contributed by atoms with E-state index in [9.17, 15) is 18.3 Å². The highest BCUT2D eigenvalue weighted by atomic mass is 79.9. The van der Waals surface area contributed by atoms with Gasteiger partial charge in [-0.1, -0.05) is 28.8 Å². The molecule has 1 aliphatic rings. The van der Waals surface area contributed by atoms with Gasteiger partial charge in [-0.2, -0.15) is 13.2 Å². The maximum Gasteiger partial charge on any atom is 0.418 e. The second-order valence-electron chi connectivity index (χ2n) is 5.19. The number of anilines is 1. The smallest absolute Gasteiger partial charge is 0.391 e. The third-order valence-electron chi connectivity index (χ3n) is 3.84. The second kappa shape index (κ2) is 5.93. The molecule has 1 aromatic rings. The zero-order valence-electron chi connectivity index (χ0n) is 11.1. The molecule has 1 aliphatic carbocycles. The van der Waals surface area contributed by atoms with E-state index in [4.69, 9.17) is 0 Å². The predicted molar refractivity (Wildman–Crippen MR) is 75.8 cm³/mol. The van der Waals surface area contributed by atoms with Gasteiger partial charge in [-0.05, 0) is 31.0 Å². The van der Waals surface area contributed by atoms with Crippen molar-refractivity contribution in [2.45, 2.75) is 44.0 Å². The number of alkyl halides is 3. The molecule has 2 nitrogen and oxygen atoms in total. The molecule has 112 valence electrons. The first kappa shape index (κ1) is 15.6. The average molecular weight is 352 g/mol. The van der Waals surface area contributed by atoms with E-state index in [2.05, 4.69) is 15.9 Å². The largest absolute Gasteiger partial charge is 0.418 e. The Morgan fingerprint density at radius 2 is 1.90 bits per heavy atom. The van der Waals surface area contributed by atoms with Crippen molar-refractivity contribution in [1.29, 1.82) is 0 Å². The number of rotatable bonds is 2. The number of aliphatic hydroxyl groups excluding tert-OH is 1. The van der Waals surface area contributed by atoms with Crippen LogP contribution in [0.25, 0.3) is 0 Å². The minimum Gasteiger partial charge on any atom is -0.391 e. The molecule has 0 spiro atoms. The Labute approximate surface area is 124 Å². The van der Waals surface area contributed by atoms with Gasteiger partial charge in [0.1, 0.15) is 0 Å². The van der Waals surface area contributed by atoms with Crippen LogP contribution in [0.2, 0.25) is 0 Å². The molecule has 0 saturated heterocycles. The molecule has 1 N–H and O–H groups in total. The van der Waals surface area contributed by atoms with Crippen molar-refractivity contribution in [3.8, 4) is 0 Å². The molecular weight excluding hydrogens is 335 g/mol. The fourth-order valence-electron chi connectivity index (χ4n) is 2.76. The fourth-order valence-corrected chi connectivity index (χ4v) is 3.11. The highest BCUT2D eigenvalue weighted by molar-refractivity contribution is 9.10. The van der Waals surface area contributed by atoms with E-state index in [-0.39, 0.29) is 11.7 Å². The minimum atomic E-state index is -4.40. The van der Waals surface area contributed by atoms with Crippen molar-refractivity contribution in [2.75, 3.05) is 11.9 Å². The summed E-state index contributed by atoms with van der Waals surface area (Å²) in [5.74, 6) is 0. The molecule has 0 radical (unpaired) electrons. The number of nitrogens with zero attached hydrogens (tertiary/aromatic N) is 1. The zero-order valence-corrected chi connectivity index (χ0v) is 12.7. The quantitative estimate of drug-likeness (QED) is 0.862. The summed E-state index contributed by atoms with van der Waals surface area (Å²) < 4.78 is 39.9. The number of hydrogen-bond acceptors (Lipinski definition) is 2. The molecule has 2 rings (SSSR count). The third kappa shape index (κ3) is 3.28. The Kier molecular flexibility index (Phi) is 4.64. The highest BCUT2D eigenvalue weighted by Crippen LogP contribution is 2.39. The zero-order chi connectivity index (χ0) is 14.9. The first-order valence-electron chi connectivity index (χ1n) is 6.58. The highest BCUT2D eigenvalue weighted by Gasteiger charge is 2.36. The molecule has 0 heterocycles. The van der Waals surface area contributed by atoms with E-state index < -0.39 is 17.8 Å². The molecule has 1 saturated carbocycles. The van der Waals surface area contributed by atoms with E-state index >= 15 is 0 Å². The molecule has 0 amide bonds. The maximum atomic E-state index is 13.1. The van der Waals surface area contributed by atoms with E-state index in [1.807, 2.05) is 0 Å². The summed E-state index contributed by atoms with van der Waals surface area (Å²) in [4.78, 5) is 1.57. The van der Waals surface area contributed by atoms with Crippen molar-refractivity contribution in [3.63, 3.8) is 0 Å². The molecule has 0 bridgehead atoms. The van der Waals surface area contributed by atoms with Crippen LogP contribution in [0.4, 0.5) is 18.9 Å². The van der Waals surface area contributed by atoms with Crippen LogP contribution in [0, 0.1) is 0 Å². The van der Waals surface area contributed by atoms with Gasteiger partial charge < -0.3 is 10.0 Å². The van der Waals surface area contributed by atoms with Crippen molar-refractivity contribution in [2.24, 2.45) is 0 Å². The first-order valence-corrected chi connectivity index (χ1v) is 7.37. The van der Waals surface area contributed by atoms with Crippen LogP contribution in [0.5, 0.6) is 0 Å². The second-order valence-corrected chi connectivity index (χ2v) is 6.10. The number of halogens is 4. The summed E-state index contributed by atoms with van der Waals surface area (Å²) >= 11 is 3.21. The van der Waals surface area contributed by atoms with E-state index in [0.717, 1.165) is 18.9 Å². The van der Waals surface area contributed by atoms with Gasteiger partial charge >= 0.3 is 6.18 Å². The predicted octanol–water partition coefficient (Wildman–Crippen LogP) is 4.21. The topological polar surface area (TPSA) is 23.5 Å². The number of likely N-dealkylation sites (N-methyl/N-ethyl adjacent to an activating group) is 1. The molecule has 0 aromatic heterocycles. The number of benzene rings is 1. The summed E-state index contributed by atoms with van der Waals surface area (Å²) in [5.41, 5.74) is -0.557. The van der Waals surface area contributed by atoms with Crippen molar-refractivity contribution < 1.29 is 18.3 Å². The molecule has 2 atom stereocenters. The lowest BCUT2D eigenvalue weighted by Crippen LogP contribution is -2.44. The minimum absolute atomic E-state index is 0.109. The fraction of sp³-hybridized carbons (Fsp3) is 0.571. The van der Waals surface area contributed by atoms with Crippen LogP contribution in [-0.4, -0.2) is 24.3 Å². The van der Waals surface area contributed by atoms with Crippen LogP contribution in [0.1, 0.15) is 31.2 Å². The summed E-state index contributed by atoms with van der Waals surface area (Å²) in [6.07, 6.45) is -1.76. The Bertz CT molecular complexity index is 478. The van der Waals surface area contributed by atoms with Gasteiger partial charge in [0.15, 0.2) is 0 Å². The lowest BCUT2D eigenvalue weighted by molar-refractivity contribution is -0.137. The van der Waals surface area contributed by atoms with Gasteiger partial charge in [0, 0.05) is 11.5 Å². The Morgan fingerprint density at radius 3 is 2.50 bits per heavy atom. The van der Waals surface area contributed by atoms with Crippen LogP contribution < -0.4 is 4.90 Å². The normalized spacial score (nSPS) is 23.7. The van der Waals surface area contributed by atoms with Crippen LogP contribution in [-0.2, 0) is 6.18 Å². The average Bonchev–Trinajstić information content (AvgIpc) is 2.37. The van der Waals surface area contributed by atoms with E-state index in [1.54, 1.807) is 11.9 Å². The molecule has 2 unspecified atom stereocenters. The van der Waals surface area contributed by atoms with Crippen molar-refractivity contribution >= 4 is 21.6 Å². The standard InChI is InChI=1S/C14H17BrF3NO/c1-19(11-4-2-3-5-13(11)20)12-8-9(15)6-7-10(12)14(16,17)18/h6-8,11,13,20H,2-5H2,1H3. The van der Waals surface area contributed by atoms with Gasteiger partial charge in [0.25, 0.3) is 0 Å². The van der Waals surface area contributed by atoms with Crippen LogP contribution >= 0.6 is 15.9 Å². The molecule has 1 aromatic carbocycles. The van der Waals surface area contributed by atoms with Crippen molar-refractivity contribution in [1.82, 2.24) is 0 Å². The molecule has 1 fully saturated rings. The van der Waals surface area contributed by atoms with Gasteiger partial charge in [-0.15, -0.1) is 0 Å². The Balaban J connectivity index is 2.37. The van der Waals surface area contributed by atoms with Gasteiger partial charge in [-0.25, -0.2) is 0 Å². The maximum absolute atomic E-state index is 13.1. The number of hydrogen-bond donors (Lipinski definition) is 1. The monoisotopic (exact) mass is 351 g/mol. The molecular formula is C14H17BrF3NO. The van der Waals surface area contributed by atoms with Gasteiger partial charge in [0.2, 0.25) is 0 Å². The third-order valence-corrected chi connectivity index (χ3v) is 4.33. The molecule has 20 heavy (non-hydrogen) atoms. The van der Waals surface area contributed by atoms with Crippen molar-refractivity contribution in [3.05, 3.63) is 28.2 Å². The molecule has 6 heteroatoms.